The van der Waals surface area contributed by atoms with E-state index >= 15 is 0 Å². The van der Waals surface area contributed by atoms with E-state index in [1.807, 2.05) is 0 Å². The van der Waals surface area contributed by atoms with Crippen LogP contribution in [0.2, 0.25) is 0 Å². The van der Waals surface area contributed by atoms with Crippen molar-refractivity contribution < 1.29 is 33.4 Å². The number of hydrogen-bond acceptors (Lipinski definition) is 6. The van der Waals surface area contributed by atoms with E-state index in [0.29, 0.717) is 11.3 Å². The summed E-state index contributed by atoms with van der Waals surface area (Å²) in [5.41, 5.74) is 1.31. The Morgan fingerprint density at radius 2 is 1.72 bits per heavy atom. The molecule has 0 bridgehead atoms. The van der Waals surface area contributed by atoms with Gasteiger partial charge in [0.05, 0.1) is 18.2 Å². The van der Waals surface area contributed by atoms with Gasteiger partial charge in [0.25, 0.3) is 11.8 Å². The van der Waals surface area contributed by atoms with Crippen LogP contribution < -0.4 is 20.1 Å². The van der Waals surface area contributed by atoms with Crippen molar-refractivity contribution in [3.05, 3.63) is 94.8 Å². The molecule has 36 heavy (non-hydrogen) atoms. The van der Waals surface area contributed by atoms with Crippen LogP contribution >= 0.6 is 0 Å². The van der Waals surface area contributed by atoms with Gasteiger partial charge in [0.1, 0.15) is 12.4 Å². The maximum absolute atomic E-state index is 14.5. The molecule has 0 radical (unpaired) electrons. The molecule has 0 unspecified atom stereocenters. The second-order valence-corrected chi connectivity index (χ2v) is 7.47. The zero-order valence-electron chi connectivity index (χ0n) is 19.6. The number of nitrogens with zero attached hydrogens (tertiary/aromatic N) is 1. The third kappa shape index (κ3) is 6.66. The summed E-state index contributed by atoms with van der Waals surface area (Å²) in [7, 11) is 2.87. The predicted molar refractivity (Wildman–Crippen MR) is 130 cm³/mol. The number of hydrogen-bond donors (Lipinski definition) is 3. The number of amidine groups is 1. The fourth-order valence-corrected chi connectivity index (χ4v) is 3.17. The number of aliphatic imine (C=N–C) groups is 1. The lowest BCUT2D eigenvalue weighted by Crippen LogP contribution is -2.42. The number of carboxylic acids is 1. The number of para-hydroxylation sites is 1. The van der Waals surface area contributed by atoms with Gasteiger partial charge in [-0.15, -0.1) is 0 Å². The summed E-state index contributed by atoms with van der Waals surface area (Å²) in [4.78, 5) is 40.3. The fraction of sp³-hybridized carbons (Fsp3) is 0.154. The van der Waals surface area contributed by atoms with Crippen LogP contribution in [0.25, 0.3) is 0 Å². The maximum atomic E-state index is 14.5. The Kier molecular flexibility index (Phi) is 8.71. The number of ether oxygens (including phenoxy) is 2. The largest absolute Gasteiger partial charge is 0.497 e. The average Bonchev–Trinajstić information content (AvgIpc) is 2.89. The summed E-state index contributed by atoms with van der Waals surface area (Å²) in [6, 6.07) is 16.8. The zero-order chi connectivity index (χ0) is 26.1. The first kappa shape index (κ1) is 25.9. The number of amides is 2. The van der Waals surface area contributed by atoms with Gasteiger partial charge in [-0.2, -0.15) is 0 Å². The summed E-state index contributed by atoms with van der Waals surface area (Å²) >= 11 is 0. The van der Waals surface area contributed by atoms with Crippen LogP contribution in [0.5, 0.6) is 11.5 Å². The minimum absolute atomic E-state index is 0.0979. The molecule has 186 valence electrons. The second kappa shape index (κ2) is 12.1. The SMILES string of the molecule is CN=C(NC(=O)c1cccc(F)c1OCc1ccc(C(=O)O)cc1)C(=O)NCc1cccc(OC)c1. The van der Waals surface area contributed by atoms with E-state index in [-0.39, 0.29) is 35.9 Å². The summed E-state index contributed by atoms with van der Waals surface area (Å²) in [6.07, 6.45) is 0. The monoisotopic (exact) mass is 493 g/mol. The predicted octanol–water partition coefficient (Wildman–Crippen LogP) is 3.19. The topological polar surface area (TPSA) is 126 Å². The summed E-state index contributed by atoms with van der Waals surface area (Å²) in [5.74, 6) is -3.21. The molecule has 0 fully saturated rings. The molecule has 0 atom stereocenters. The molecule has 3 rings (SSSR count). The van der Waals surface area contributed by atoms with Crippen molar-refractivity contribution in [3.63, 3.8) is 0 Å². The Bertz CT molecular complexity index is 1290. The Labute approximate surface area is 206 Å². The molecule has 0 aliphatic rings. The molecule has 0 aromatic heterocycles. The molecule has 0 saturated carbocycles. The highest BCUT2D eigenvalue weighted by Gasteiger charge is 2.21. The zero-order valence-corrected chi connectivity index (χ0v) is 19.6. The highest BCUT2D eigenvalue weighted by atomic mass is 19.1. The van der Waals surface area contributed by atoms with Crippen molar-refractivity contribution in [2.75, 3.05) is 14.2 Å². The Hall–Kier alpha value is -4.73. The number of rotatable bonds is 8. The van der Waals surface area contributed by atoms with Crippen LogP contribution in [-0.2, 0) is 17.9 Å². The number of nitrogens with one attached hydrogen (secondary N) is 2. The molecule has 10 heteroatoms. The molecule has 0 aliphatic heterocycles. The van der Waals surface area contributed by atoms with Gasteiger partial charge in [0.2, 0.25) is 0 Å². The lowest BCUT2D eigenvalue weighted by atomic mass is 10.1. The lowest BCUT2D eigenvalue weighted by Gasteiger charge is -2.14. The first-order valence-corrected chi connectivity index (χ1v) is 10.7. The van der Waals surface area contributed by atoms with Crippen LogP contribution in [-0.4, -0.2) is 42.9 Å². The quantitative estimate of drug-likeness (QED) is 0.327. The van der Waals surface area contributed by atoms with E-state index in [4.69, 9.17) is 14.6 Å². The van der Waals surface area contributed by atoms with Gasteiger partial charge >= 0.3 is 5.97 Å². The van der Waals surface area contributed by atoms with Crippen LogP contribution in [0.3, 0.4) is 0 Å². The molecule has 3 N–H and O–H groups in total. The molecule has 0 heterocycles. The second-order valence-electron chi connectivity index (χ2n) is 7.47. The number of carbonyl (C=O) groups excluding carboxylic acids is 2. The van der Waals surface area contributed by atoms with Crippen LogP contribution in [0, 0.1) is 5.82 Å². The average molecular weight is 493 g/mol. The number of aromatic carboxylic acids is 1. The van der Waals surface area contributed by atoms with Gasteiger partial charge < -0.3 is 25.2 Å². The third-order valence-corrected chi connectivity index (χ3v) is 5.05. The molecule has 0 spiro atoms. The number of halogens is 1. The van der Waals surface area contributed by atoms with Crippen LogP contribution in [0.4, 0.5) is 4.39 Å². The van der Waals surface area contributed by atoms with E-state index in [2.05, 4.69) is 15.6 Å². The molecule has 0 saturated heterocycles. The smallest absolute Gasteiger partial charge is 0.335 e. The maximum Gasteiger partial charge on any atom is 0.335 e. The molecular formula is C26H24FN3O6. The van der Waals surface area contributed by atoms with Crippen molar-refractivity contribution >= 4 is 23.6 Å². The van der Waals surface area contributed by atoms with Gasteiger partial charge in [-0.25, -0.2) is 9.18 Å². The van der Waals surface area contributed by atoms with Gasteiger partial charge in [0, 0.05) is 13.6 Å². The first-order valence-electron chi connectivity index (χ1n) is 10.7. The highest BCUT2D eigenvalue weighted by Crippen LogP contribution is 2.24. The molecule has 9 nitrogen and oxygen atoms in total. The Morgan fingerprint density at radius 1 is 1.00 bits per heavy atom. The van der Waals surface area contributed by atoms with E-state index in [0.717, 1.165) is 11.6 Å². The summed E-state index contributed by atoms with van der Waals surface area (Å²) in [6.45, 7) is 0.0524. The van der Waals surface area contributed by atoms with Crippen molar-refractivity contribution in [2.24, 2.45) is 4.99 Å². The normalized spacial score (nSPS) is 10.9. The molecule has 0 aliphatic carbocycles. The van der Waals surface area contributed by atoms with Crippen LogP contribution in [0.15, 0.2) is 71.7 Å². The fourth-order valence-electron chi connectivity index (χ4n) is 3.17. The number of carboxylic acid groups (broad SMARTS) is 1. The van der Waals surface area contributed by atoms with E-state index in [1.165, 1.54) is 50.6 Å². The van der Waals surface area contributed by atoms with E-state index in [1.54, 1.807) is 24.3 Å². The van der Waals surface area contributed by atoms with E-state index in [9.17, 15) is 18.8 Å². The standard InChI is InChI=1S/C26H24FN3O6/c1-28-23(25(32)29-14-17-5-3-6-19(13-17)35-2)30-24(31)20-7-4-8-21(27)22(20)36-15-16-9-11-18(12-10-16)26(33)34/h3-13H,14-15H2,1-2H3,(H,29,32)(H,33,34)(H,28,30,31). The van der Waals surface area contributed by atoms with Gasteiger partial charge in [-0.3, -0.25) is 14.6 Å². The van der Waals surface area contributed by atoms with Crippen LogP contribution in [0.1, 0.15) is 31.8 Å². The minimum Gasteiger partial charge on any atom is -0.497 e. The lowest BCUT2D eigenvalue weighted by molar-refractivity contribution is -0.115. The highest BCUT2D eigenvalue weighted by molar-refractivity contribution is 6.41. The Morgan fingerprint density at radius 3 is 2.39 bits per heavy atom. The van der Waals surface area contributed by atoms with Gasteiger partial charge in [0.15, 0.2) is 17.4 Å². The Balaban J connectivity index is 1.67. The van der Waals surface area contributed by atoms with Crippen molar-refractivity contribution in [1.29, 1.82) is 0 Å². The molecule has 3 aromatic rings. The molecule has 3 aromatic carbocycles. The summed E-state index contributed by atoms with van der Waals surface area (Å²) in [5, 5.41) is 14.0. The summed E-state index contributed by atoms with van der Waals surface area (Å²) < 4.78 is 25.2. The third-order valence-electron chi connectivity index (χ3n) is 5.05. The number of benzene rings is 3. The first-order chi connectivity index (χ1) is 17.3. The van der Waals surface area contributed by atoms with Crippen molar-refractivity contribution in [1.82, 2.24) is 10.6 Å². The van der Waals surface area contributed by atoms with Crippen molar-refractivity contribution in [3.8, 4) is 11.5 Å². The van der Waals surface area contributed by atoms with E-state index < -0.39 is 23.6 Å². The number of methoxy groups -OCH3 is 1. The number of carbonyl (C=O) groups is 3. The van der Waals surface area contributed by atoms with Gasteiger partial charge in [-0.1, -0.05) is 30.3 Å². The van der Waals surface area contributed by atoms with Crippen molar-refractivity contribution in [2.45, 2.75) is 13.2 Å². The minimum atomic E-state index is -1.07. The molecule has 2 amide bonds. The van der Waals surface area contributed by atoms with Gasteiger partial charge in [-0.05, 0) is 47.5 Å². The molecular weight excluding hydrogens is 469 g/mol.